The van der Waals surface area contributed by atoms with E-state index in [1.54, 1.807) is 28.5 Å². The summed E-state index contributed by atoms with van der Waals surface area (Å²) in [6.07, 6.45) is 4.42. The number of likely N-dealkylation sites (tertiary alicyclic amines) is 1. The summed E-state index contributed by atoms with van der Waals surface area (Å²) in [5.74, 6) is 1.03. The molecule has 0 bridgehead atoms. The van der Waals surface area contributed by atoms with Gasteiger partial charge in [-0.25, -0.2) is 18.4 Å². The Kier molecular flexibility index (Phi) is 3.86. The maximum absolute atomic E-state index is 14.1. The molecule has 10 heteroatoms. The van der Waals surface area contributed by atoms with Crippen LogP contribution < -0.4 is 10.6 Å². The minimum Gasteiger partial charge on any atom is -0.371 e. The van der Waals surface area contributed by atoms with Crippen molar-refractivity contribution >= 4 is 22.9 Å². The molecule has 1 fully saturated rings. The molecule has 144 valence electrons. The number of fused-ring (bicyclic) bond motifs is 2. The second-order valence-corrected chi connectivity index (χ2v) is 6.99. The molecule has 0 aliphatic carbocycles. The van der Waals surface area contributed by atoms with E-state index in [1.807, 2.05) is 36.3 Å². The van der Waals surface area contributed by atoms with E-state index in [4.69, 9.17) is 0 Å². The molecule has 2 atom stereocenters. The number of hydrogen-bond donors (Lipinski definition) is 2. The van der Waals surface area contributed by atoms with Crippen molar-refractivity contribution in [1.82, 2.24) is 34.1 Å². The monoisotopic (exact) mass is 381 g/mol. The van der Waals surface area contributed by atoms with Gasteiger partial charge in [0.25, 0.3) is 0 Å². The van der Waals surface area contributed by atoms with Crippen molar-refractivity contribution in [1.29, 1.82) is 0 Å². The molecule has 2 N–H and O–H groups in total. The van der Waals surface area contributed by atoms with E-state index in [2.05, 4.69) is 30.8 Å². The zero-order valence-corrected chi connectivity index (χ0v) is 15.5. The Morgan fingerprint density at radius 3 is 2.79 bits per heavy atom. The standard InChI is InChI=1S/C18H20FN9/c1-20-17-16-11(13-3-4-15-21-6-8-27(15)24-13)5-7-28(16)25-18(23-17)22-14-10-26(2)9-12(14)19/h3-8,12,14H,9-10H2,1-2H3,(H2,20,22,23,25)/t12-,14+/m1/s1. The van der Waals surface area contributed by atoms with Crippen molar-refractivity contribution < 1.29 is 4.39 Å². The Labute approximate surface area is 160 Å². The number of nitrogens with one attached hydrogen (secondary N) is 2. The highest BCUT2D eigenvalue weighted by Gasteiger charge is 2.31. The van der Waals surface area contributed by atoms with Gasteiger partial charge in [0, 0.05) is 44.3 Å². The third kappa shape index (κ3) is 2.73. The summed E-state index contributed by atoms with van der Waals surface area (Å²) in [5, 5.41) is 15.4. The summed E-state index contributed by atoms with van der Waals surface area (Å²) < 4.78 is 17.6. The second-order valence-electron chi connectivity index (χ2n) is 6.99. The highest BCUT2D eigenvalue weighted by atomic mass is 19.1. The number of alkyl halides is 1. The molecule has 0 spiro atoms. The molecule has 4 aromatic rings. The van der Waals surface area contributed by atoms with E-state index >= 15 is 0 Å². The van der Waals surface area contributed by atoms with Gasteiger partial charge in [-0.05, 0) is 25.2 Å². The smallest absolute Gasteiger partial charge is 0.243 e. The van der Waals surface area contributed by atoms with E-state index in [-0.39, 0.29) is 6.04 Å². The summed E-state index contributed by atoms with van der Waals surface area (Å²) in [5.41, 5.74) is 3.28. The van der Waals surface area contributed by atoms with Gasteiger partial charge >= 0.3 is 0 Å². The summed E-state index contributed by atoms with van der Waals surface area (Å²) in [4.78, 5) is 10.7. The predicted molar refractivity (Wildman–Crippen MR) is 104 cm³/mol. The lowest BCUT2D eigenvalue weighted by Crippen LogP contribution is -2.30. The predicted octanol–water partition coefficient (Wildman–Crippen LogP) is 1.54. The molecular formula is C18H20FN9. The summed E-state index contributed by atoms with van der Waals surface area (Å²) >= 11 is 0. The van der Waals surface area contributed by atoms with Crippen molar-refractivity contribution in [2.24, 2.45) is 0 Å². The van der Waals surface area contributed by atoms with Gasteiger partial charge in [-0.1, -0.05) is 0 Å². The molecule has 0 saturated carbocycles. The number of aromatic nitrogens is 6. The molecule has 0 radical (unpaired) electrons. The van der Waals surface area contributed by atoms with Gasteiger partial charge in [0.15, 0.2) is 11.5 Å². The zero-order chi connectivity index (χ0) is 19.3. The molecule has 4 aromatic heterocycles. The average Bonchev–Trinajstić information content (AvgIpc) is 3.39. The lowest BCUT2D eigenvalue weighted by atomic mass is 10.2. The maximum atomic E-state index is 14.1. The van der Waals surface area contributed by atoms with Crippen molar-refractivity contribution in [2.75, 3.05) is 37.8 Å². The van der Waals surface area contributed by atoms with Crippen LogP contribution in [0.1, 0.15) is 0 Å². The molecule has 5 rings (SSSR count). The van der Waals surface area contributed by atoms with Gasteiger partial charge in [-0.3, -0.25) is 0 Å². The van der Waals surface area contributed by atoms with E-state index in [9.17, 15) is 4.39 Å². The number of halogens is 1. The Hall–Kier alpha value is -3.27. The van der Waals surface area contributed by atoms with Crippen LogP contribution in [0.2, 0.25) is 0 Å². The minimum atomic E-state index is -0.950. The largest absolute Gasteiger partial charge is 0.371 e. The number of imidazole rings is 1. The first-order valence-corrected chi connectivity index (χ1v) is 9.09. The number of rotatable bonds is 4. The first kappa shape index (κ1) is 16.9. The van der Waals surface area contributed by atoms with Gasteiger partial charge in [0.1, 0.15) is 11.7 Å². The highest BCUT2D eigenvalue weighted by molar-refractivity contribution is 5.87. The SMILES string of the molecule is CNc1nc(N[C@H]2CN(C)C[C@H]2F)nn2ccc(-c3ccc4nccn4n3)c12. The fourth-order valence-electron chi connectivity index (χ4n) is 3.68. The second kappa shape index (κ2) is 6.41. The molecule has 1 aliphatic heterocycles. The minimum absolute atomic E-state index is 0.326. The van der Waals surface area contributed by atoms with Crippen LogP contribution in [-0.2, 0) is 0 Å². The molecule has 1 aliphatic rings. The van der Waals surface area contributed by atoms with Gasteiger partial charge in [0.05, 0.1) is 11.7 Å². The maximum Gasteiger partial charge on any atom is 0.243 e. The van der Waals surface area contributed by atoms with E-state index in [1.165, 1.54) is 0 Å². The van der Waals surface area contributed by atoms with Crippen LogP contribution in [0.5, 0.6) is 0 Å². The molecule has 28 heavy (non-hydrogen) atoms. The highest BCUT2D eigenvalue weighted by Crippen LogP contribution is 2.29. The molecule has 1 saturated heterocycles. The van der Waals surface area contributed by atoms with Crippen molar-refractivity contribution in [3.8, 4) is 11.3 Å². The third-order valence-corrected chi connectivity index (χ3v) is 5.02. The molecular weight excluding hydrogens is 361 g/mol. The molecule has 5 heterocycles. The van der Waals surface area contributed by atoms with Crippen molar-refractivity contribution in [3.63, 3.8) is 0 Å². The molecule has 9 nitrogen and oxygen atoms in total. The van der Waals surface area contributed by atoms with Gasteiger partial charge in [0.2, 0.25) is 5.95 Å². The van der Waals surface area contributed by atoms with Crippen LogP contribution in [0, 0.1) is 0 Å². The summed E-state index contributed by atoms with van der Waals surface area (Å²) in [6, 6.07) is 5.46. The molecule has 0 aromatic carbocycles. The Morgan fingerprint density at radius 1 is 1.11 bits per heavy atom. The van der Waals surface area contributed by atoms with E-state index in [0.717, 1.165) is 22.4 Å². The van der Waals surface area contributed by atoms with Crippen molar-refractivity contribution in [3.05, 3.63) is 36.8 Å². The van der Waals surface area contributed by atoms with Crippen LogP contribution in [0.3, 0.4) is 0 Å². The van der Waals surface area contributed by atoms with Crippen molar-refractivity contribution in [2.45, 2.75) is 12.2 Å². The van der Waals surface area contributed by atoms with Gasteiger partial charge in [-0.15, -0.1) is 5.10 Å². The third-order valence-electron chi connectivity index (χ3n) is 5.02. The van der Waals surface area contributed by atoms with Crippen LogP contribution in [0.25, 0.3) is 22.4 Å². The quantitative estimate of drug-likeness (QED) is 0.554. The average molecular weight is 381 g/mol. The Bertz CT molecular complexity index is 1150. The lowest BCUT2D eigenvalue weighted by Gasteiger charge is -2.15. The summed E-state index contributed by atoms with van der Waals surface area (Å²) in [7, 11) is 3.70. The zero-order valence-electron chi connectivity index (χ0n) is 15.5. The number of hydrogen-bond acceptors (Lipinski definition) is 7. The van der Waals surface area contributed by atoms with Crippen LogP contribution >= 0.6 is 0 Å². The fraction of sp³-hybridized carbons (Fsp3) is 0.333. The van der Waals surface area contributed by atoms with E-state index < -0.39 is 6.17 Å². The number of anilines is 2. The number of nitrogens with zero attached hydrogens (tertiary/aromatic N) is 7. The Morgan fingerprint density at radius 2 is 2.00 bits per heavy atom. The van der Waals surface area contributed by atoms with Crippen LogP contribution in [-0.4, -0.2) is 73.5 Å². The van der Waals surface area contributed by atoms with Gasteiger partial charge in [-0.2, -0.15) is 10.1 Å². The topological polar surface area (TPSA) is 87.7 Å². The van der Waals surface area contributed by atoms with Crippen LogP contribution in [0.4, 0.5) is 16.2 Å². The fourth-order valence-corrected chi connectivity index (χ4v) is 3.68. The lowest BCUT2D eigenvalue weighted by molar-refractivity contribution is 0.314. The first-order chi connectivity index (χ1) is 13.6. The molecule has 0 unspecified atom stereocenters. The molecule has 0 amide bonds. The van der Waals surface area contributed by atoms with Gasteiger partial charge < -0.3 is 15.5 Å². The first-order valence-electron chi connectivity index (χ1n) is 9.09. The normalized spacial score (nSPS) is 20.2. The van der Waals surface area contributed by atoms with Crippen LogP contribution in [0.15, 0.2) is 36.8 Å². The van der Waals surface area contributed by atoms with E-state index in [0.29, 0.717) is 24.9 Å². The number of likely N-dealkylation sites (N-methyl/N-ethyl adjacent to an activating group) is 1. The summed E-state index contributed by atoms with van der Waals surface area (Å²) in [6.45, 7) is 1.03. The Balaban J connectivity index is 1.55.